The Bertz CT molecular complexity index is 1020. The van der Waals surface area contributed by atoms with Gasteiger partial charge in [-0.15, -0.1) is 0 Å². The molecule has 2 heterocycles. The Morgan fingerprint density at radius 1 is 1.15 bits per heavy atom. The van der Waals surface area contributed by atoms with Crippen molar-refractivity contribution in [2.24, 2.45) is 0 Å². The van der Waals surface area contributed by atoms with Crippen LogP contribution in [0.25, 0.3) is 5.69 Å². The lowest BCUT2D eigenvalue weighted by Gasteiger charge is -2.25. The molecule has 0 aliphatic carbocycles. The molecule has 4 rings (SSSR count). The summed E-state index contributed by atoms with van der Waals surface area (Å²) in [6, 6.07) is 12.9. The maximum Gasteiger partial charge on any atom is 0.226 e. The Hall–Kier alpha value is -2.99. The van der Waals surface area contributed by atoms with Crippen molar-refractivity contribution in [2.45, 2.75) is 12.3 Å². The van der Waals surface area contributed by atoms with Crippen LogP contribution < -0.4 is 14.8 Å². The number of benzene rings is 2. The van der Waals surface area contributed by atoms with Crippen LogP contribution in [-0.4, -0.2) is 29.9 Å². The van der Waals surface area contributed by atoms with E-state index in [-0.39, 0.29) is 11.8 Å². The average molecular weight is 384 g/mol. The number of nitrogens with one attached hydrogen (secondary N) is 1. The number of aromatic nitrogens is 2. The van der Waals surface area contributed by atoms with Crippen molar-refractivity contribution in [3.05, 3.63) is 64.8 Å². The van der Waals surface area contributed by atoms with E-state index in [4.69, 9.17) is 21.1 Å². The summed E-state index contributed by atoms with van der Waals surface area (Å²) in [5.74, 6) is 1.79. The molecule has 0 bridgehead atoms. The first-order chi connectivity index (χ1) is 13.1. The van der Waals surface area contributed by atoms with E-state index in [0.29, 0.717) is 28.8 Å². The highest BCUT2D eigenvalue weighted by atomic mass is 35.5. The van der Waals surface area contributed by atoms with E-state index >= 15 is 0 Å². The fraction of sp³-hybridized carbons (Fsp3) is 0.200. The van der Waals surface area contributed by atoms with Gasteiger partial charge in [0, 0.05) is 28.5 Å². The van der Waals surface area contributed by atoms with Gasteiger partial charge in [-0.2, -0.15) is 5.10 Å². The van der Waals surface area contributed by atoms with Gasteiger partial charge in [0.2, 0.25) is 5.91 Å². The van der Waals surface area contributed by atoms with E-state index in [2.05, 4.69) is 10.4 Å². The fourth-order valence-electron chi connectivity index (χ4n) is 3.41. The number of rotatable bonds is 4. The molecular weight excluding hydrogens is 366 g/mol. The number of methoxy groups -OCH3 is 2. The van der Waals surface area contributed by atoms with Gasteiger partial charge in [-0.3, -0.25) is 4.79 Å². The number of ether oxygens (including phenoxy) is 2. The van der Waals surface area contributed by atoms with Crippen LogP contribution in [0.5, 0.6) is 11.5 Å². The van der Waals surface area contributed by atoms with Crippen LogP contribution >= 0.6 is 11.6 Å². The van der Waals surface area contributed by atoms with Crippen molar-refractivity contribution in [3.63, 3.8) is 0 Å². The fourth-order valence-corrected chi connectivity index (χ4v) is 3.60. The largest absolute Gasteiger partial charge is 0.497 e. The first-order valence-corrected chi connectivity index (χ1v) is 8.84. The monoisotopic (exact) mass is 383 g/mol. The van der Waals surface area contributed by atoms with Crippen LogP contribution in [0.15, 0.2) is 48.7 Å². The maximum atomic E-state index is 12.5. The second-order valence-electron chi connectivity index (χ2n) is 6.25. The van der Waals surface area contributed by atoms with Gasteiger partial charge in [0.1, 0.15) is 17.3 Å². The predicted molar refractivity (Wildman–Crippen MR) is 103 cm³/mol. The van der Waals surface area contributed by atoms with Crippen molar-refractivity contribution in [3.8, 4) is 17.2 Å². The van der Waals surface area contributed by atoms with Crippen LogP contribution in [0, 0.1) is 0 Å². The average Bonchev–Trinajstić information content (AvgIpc) is 3.10. The Balaban J connectivity index is 1.85. The summed E-state index contributed by atoms with van der Waals surface area (Å²) in [6.45, 7) is 0. The quantitative estimate of drug-likeness (QED) is 0.739. The van der Waals surface area contributed by atoms with Crippen LogP contribution in [0.1, 0.15) is 23.5 Å². The number of hydrogen-bond acceptors (Lipinski definition) is 4. The predicted octanol–water partition coefficient (Wildman–Crippen LogP) is 4.02. The highest BCUT2D eigenvalue weighted by molar-refractivity contribution is 6.30. The lowest BCUT2D eigenvalue weighted by Crippen LogP contribution is -2.24. The molecular formula is C20H18ClN3O3. The minimum atomic E-state index is -0.188. The van der Waals surface area contributed by atoms with E-state index in [9.17, 15) is 4.79 Å². The van der Waals surface area contributed by atoms with Gasteiger partial charge < -0.3 is 14.8 Å². The summed E-state index contributed by atoms with van der Waals surface area (Å²) in [6.07, 6.45) is 2.08. The summed E-state index contributed by atoms with van der Waals surface area (Å²) in [7, 11) is 3.23. The van der Waals surface area contributed by atoms with Crippen molar-refractivity contribution in [1.82, 2.24) is 9.78 Å². The van der Waals surface area contributed by atoms with Gasteiger partial charge in [0.25, 0.3) is 0 Å². The number of hydrogen-bond donors (Lipinski definition) is 1. The maximum absolute atomic E-state index is 12.5. The molecule has 0 fully saturated rings. The molecule has 0 unspecified atom stereocenters. The molecule has 0 radical (unpaired) electrons. The third kappa shape index (κ3) is 3.13. The molecule has 6 nitrogen and oxygen atoms in total. The molecule has 1 aromatic heterocycles. The summed E-state index contributed by atoms with van der Waals surface area (Å²) in [4.78, 5) is 12.5. The molecule has 27 heavy (non-hydrogen) atoms. The molecule has 2 aromatic carbocycles. The topological polar surface area (TPSA) is 65.4 Å². The second-order valence-corrected chi connectivity index (χ2v) is 6.69. The molecule has 0 spiro atoms. The Kier molecular flexibility index (Phi) is 4.49. The third-order valence-electron chi connectivity index (χ3n) is 4.69. The number of fused-ring (bicyclic) bond motifs is 1. The number of carbonyl (C=O) groups excluding carboxylic acids is 1. The minimum absolute atomic E-state index is 0.0823. The van der Waals surface area contributed by atoms with Crippen LogP contribution in [-0.2, 0) is 4.79 Å². The molecule has 3 aromatic rings. The van der Waals surface area contributed by atoms with Gasteiger partial charge in [-0.25, -0.2) is 4.68 Å². The second kappa shape index (κ2) is 6.96. The van der Waals surface area contributed by atoms with Crippen LogP contribution in [0.2, 0.25) is 5.02 Å². The van der Waals surface area contributed by atoms with Crippen LogP contribution in [0.4, 0.5) is 5.82 Å². The molecule has 1 amide bonds. The van der Waals surface area contributed by atoms with Gasteiger partial charge in [0.15, 0.2) is 0 Å². The summed E-state index contributed by atoms with van der Waals surface area (Å²) < 4.78 is 12.6. The van der Waals surface area contributed by atoms with Gasteiger partial charge in [-0.05, 0) is 36.4 Å². The SMILES string of the molecule is COc1ccc(OC)c([C@@H]2CC(=O)Nc3c2cnn3-c2cccc(Cl)c2)c1. The lowest BCUT2D eigenvalue weighted by atomic mass is 9.86. The standard InChI is InChI=1S/C20H18ClN3O3/c1-26-14-6-7-18(27-2)16(9-14)15-10-19(25)23-20-17(15)11-22-24(20)13-5-3-4-12(21)8-13/h3-9,11,15H,10H2,1-2H3,(H,23,25)/t15-/m0/s1. The van der Waals surface area contributed by atoms with Crippen molar-refractivity contribution in [1.29, 1.82) is 0 Å². The summed E-state index contributed by atoms with van der Waals surface area (Å²) in [5.41, 5.74) is 2.59. The summed E-state index contributed by atoms with van der Waals surface area (Å²) >= 11 is 6.11. The first-order valence-electron chi connectivity index (χ1n) is 8.46. The zero-order valence-electron chi connectivity index (χ0n) is 14.9. The number of carbonyl (C=O) groups is 1. The van der Waals surface area contributed by atoms with E-state index in [1.54, 1.807) is 37.2 Å². The first kappa shape index (κ1) is 17.4. The Morgan fingerprint density at radius 3 is 2.74 bits per heavy atom. The van der Waals surface area contributed by atoms with E-state index < -0.39 is 0 Å². The minimum Gasteiger partial charge on any atom is -0.497 e. The van der Waals surface area contributed by atoms with Gasteiger partial charge in [-0.1, -0.05) is 17.7 Å². The molecule has 0 saturated heterocycles. The molecule has 1 N–H and O–H groups in total. The van der Waals surface area contributed by atoms with E-state index in [0.717, 1.165) is 16.8 Å². The van der Waals surface area contributed by atoms with E-state index in [1.165, 1.54) is 0 Å². The molecule has 138 valence electrons. The third-order valence-corrected chi connectivity index (χ3v) is 4.92. The zero-order valence-corrected chi connectivity index (χ0v) is 15.7. The number of halogens is 1. The van der Waals surface area contributed by atoms with Gasteiger partial charge in [0.05, 0.1) is 26.1 Å². The Labute approximate surface area is 161 Å². The normalized spacial score (nSPS) is 15.8. The van der Waals surface area contributed by atoms with Gasteiger partial charge >= 0.3 is 0 Å². The number of anilines is 1. The van der Waals surface area contributed by atoms with E-state index in [1.807, 2.05) is 30.3 Å². The molecule has 1 atom stereocenters. The smallest absolute Gasteiger partial charge is 0.226 e. The van der Waals surface area contributed by atoms with Crippen LogP contribution in [0.3, 0.4) is 0 Å². The number of amides is 1. The molecule has 1 aliphatic heterocycles. The molecule has 1 aliphatic rings. The molecule has 7 heteroatoms. The zero-order chi connectivity index (χ0) is 19.0. The van der Waals surface area contributed by atoms with Crippen molar-refractivity contribution in [2.75, 3.05) is 19.5 Å². The highest BCUT2D eigenvalue weighted by Crippen LogP contribution is 2.42. The highest BCUT2D eigenvalue weighted by Gasteiger charge is 2.32. The van der Waals surface area contributed by atoms with Crippen molar-refractivity contribution < 1.29 is 14.3 Å². The Morgan fingerprint density at radius 2 is 2.00 bits per heavy atom. The summed E-state index contributed by atoms with van der Waals surface area (Å²) in [5, 5.41) is 8.03. The van der Waals surface area contributed by atoms with Crippen molar-refractivity contribution >= 4 is 23.3 Å². The lowest BCUT2D eigenvalue weighted by molar-refractivity contribution is -0.116. The molecule has 0 saturated carbocycles. The number of nitrogens with zero attached hydrogens (tertiary/aromatic N) is 2.